The van der Waals surface area contributed by atoms with Gasteiger partial charge >= 0.3 is 0 Å². The lowest BCUT2D eigenvalue weighted by Gasteiger charge is -2.07. The van der Waals surface area contributed by atoms with Crippen LogP contribution >= 0.6 is 11.5 Å². The third kappa shape index (κ3) is 3.82. The normalized spacial score (nSPS) is 10.2. The molecule has 1 aromatic carbocycles. The smallest absolute Gasteiger partial charge is 0.136 e. The first-order valence-corrected chi connectivity index (χ1v) is 6.92. The Morgan fingerprint density at radius 1 is 1.21 bits per heavy atom. The Kier molecular flexibility index (Phi) is 4.97. The molecule has 1 heterocycles. The molecule has 0 aliphatic rings. The molecule has 5 nitrogen and oxygen atoms in total. The number of ether oxygens (including phenoxy) is 2. The summed E-state index contributed by atoms with van der Waals surface area (Å²) in [5.74, 6) is 1.60. The second-order valence-corrected chi connectivity index (χ2v) is 4.69. The maximum absolute atomic E-state index is 5.68. The second kappa shape index (κ2) is 6.94. The monoisotopic (exact) mass is 279 g/mol. The van der Waals surface area contributed by atoms with Crippen molar-refractivity contribution >= 4 is 16.5 Å². The largest absolute Gasteiger partial charge is 0.497 e. The highest BCUT2D eigenvalue weighted by molar-refractivity contribution is 7.10. The van der Waals surface area contributed by atoms with E-state index in [0.717, 1.165) is 35.2 Å². The van der Waals surface area contributed by atoms with Crippen LogP contribution in [-0.4, -0.2) is 23.2 Å². The summed E-state index contributed by atoms with van der Waals surface area (Å²) in [6, 6.07) is 7.48. The molecular weight excluding hydrogens is 262 g/mol. The van der Waals surface area contributed by atoms with Gasteiger partial charge in [0, 0.05) is 18.1 Å². The highest BCUT2D eigenvalue weighted by atomic mass is 32.1. The van der Waals surface area contributed by atoms with Crippen LogP contribution in [0.3, 0.4) is 0 Å². The first-order valence-electron chi connectivity index (χ1n) is 6.15. The van der Waals surface area contributed by atoms with Crippen molar-refractivity contribution in [1.82, 2.24) is 9.59 Å². The Morgan fingerprint density at radius 3 is 2.63 bits per heavy atom. The van der Waals surface area contributed by atoms with Gasteiger partial charge in [0.05, 0.1) is 7.11 Å². The number of methoxy groups -OCH3 is 1. The second-order valence-electron chi connectivity index (χ2n) is 3.94. The number of nitrogens with zero attached hydrogens (tertiary/aromatic N) is 2. The molecule has 0 saturated heterocycles. The lowest BCUT2D eigenvalue weighted by atomic mass is 10.3. The Bertz CT molecular complexity index is 499. The number of hydrogen-bond donors (Lipinski definition) is 1. The van der Waals surface area contributed by atoms with Crippen LogP contribution in [0.15, 0.2) is 24.3 Å². The summed E-state index contributed by atoms with van der Waals surface area (Å²) in [6.07, 6.45) is 1.07. The highest BCUT2D eigenvalue weighted by Gasteiger charge is 2.08. The van der Waals surface area contributed by atoms with E-state index in [0.29, 0.717) is 6.61 Å². The van der Waals surface area contributed by atoms with Crippen molar-refractivity contribution in [1.29, 1.82) is 0 Å². The molecule has 6 heteroatoms. The third-order valence-electron chi connectivity index (χ3n) is 2.53. The Balaban J connectivity index is 1.92. The summed E-state index contributed by atoms with van der Waals surface area (Å²) in [5.41, 5.74) is 0.842. The SMILES string of the molecule is CCCNc1snnc1COc1ccc(OC)cc1. The van der Waals surface area contributed by atoms with Gasteiger partial charge in [-0.15, -0.1) is 5.10 Å². The van der Waals surface area contributed by atoms with Gasteiger partial charge in [-0.1, -0.05) is 11.4 Å². The Labute approximate surface area is 116 Å². The lowest BCUT2D eigenvalue weighted by Crippen LogP contribution is -2.03. The molecule has 0 spiro atoms. The average Bonchev–Trinajstić information content (AvgIpc) is 2.91. The molecule has 0 atom stereocenters. The maximum atomic E-state index is 5.68. The van der Waals surface area contributed by atoms with Gasteiger partial charge in [-0.2, -0.15) is 0 Å². The number of nitrogens with one attached hydrogen (secondary N) is 1. The fourth-order valence-corrected chi connectivity index (χ4v) is 2.09. The van der Waals surface area contributed by atoms with Gasteiger partial charge in [0.1, 0.15) is 28.8 Å². The van der Waals surface area contributed by atoms with E-state index in [1.807, 2.05) is 24.3 Å². The number of hydrogen-bond acceptors (Lipinski definition) is 6. The lowest BCUT2D eigenvalue weighted by molar-refractivity contribution is 0.301. The topological polar surface area (TPSA) is 56.3 Å². The minimum Gasteiger partial charge on any atom is -0.497 e. The molecule has 2 aromatic rings. The summed E-state index contributed by atoms with van der Waals surface area (Å²) in [4.78, 5) is 0. The van der Waals surface area contributed by atoms with Crippen molar-refractivity contribution in [3.63, 3.8) is 0 Å². The van der Waals surface area contributed by atoms with Crippen LogP contribution in [0, 0.1) is 0 Å². The molecule has 0 unspecified atom stereocenters. The van der Waals surface area contributed by atoms with E-state index < -0.39 is 0 Å². The molecule has 0 aliphatic carbocycles. The van der Waals surface area contributed by atoms with Crippen LogP contribution in [0.4, 0.5) is 5.00 Å². The van der Waals surface area contributed by atoms with E-state index in [-0.39, 0.29) is 0 Å². The molecular formula is C13H17N3O2S. The molecule has 0 bridgehead atoms. The average molecular weight is 279 g/mol. The zero-order valence-electron chi connectivity index (χ0n) is 11.0. The van der Waals surface area contributed by atoms with Gasteiger partial charge < -0.3 is 14.8 Å². The van der Waals surface area contributed by atoms with Crippen molar-refractivity contribution in [2.75, 3.05) is 19.0 Å². The van der Waals surface area contributed by atoms with E-state index in [4.69, 9.17) is 9.47 Å². The van der Waals surface area contributed by atoms with Crippen molar-refractivity contribution in [2.24, 2.45) is 0 Å². The summed E-state index contributed by atoms with van der Waals surface area (Å²) < 4.78 is 14.7. The summed E-state index contributed by atoms with van der Waals surface area (Å²) in [7, 11) is 1.64. The fraction of sp³-hybridized carbons (Fsp3) is 0.385. The van der Waals surface area contributed by atoms with E-state index in [9.17, 15) is 0 Å². The fourth-order valence-electron chi connectivity index (χ4n) is 1.50. The first-order chi connectivity index (χ1) is 9.33. The molecule has 0 saturated carbocycles. The Morgan fingerprint density at radius 2 is 1.95 bits per heavy atom. The van der Waals surface area contributed by atoms with Gasteiger partial charge in [-0.25, -0.2) is 0 Å². The van der Waals surface area contributed by atoms with Crippen LogP contribution in [-0.2, 0) is 6.61 Å². The van der Waals surface area contributed by atoms with Gasteiger partial charge in [0.2, 0.25) is 0 Å². The van der Waals surface area contributed by atoms with Gasteiger partial charge in [0.15, 0.2) is 0 Å². The minimum absolute atomic E-state index is 0.412. The summed E-state index contributed by atoms with van der Waals surface area (Å²) >= 11 is 1.36. The van der Waals surface area contributed by atoms with Crippen LogP contribution in [0.1, 0.15) is 19.0 Å². The molecule has 19 heavy (non-hydrogen) atoms. The Hall–Kier alpha value is -1.82. The predicted molar refractivity (Wildman–Crippen MR) is 76.0 cm³/mol. The van der Waals surface area contributed by atoms with E-state index in [1.54, 1.807) is 7.11 Å². The van der Waals surface area contributed by atoms with Crippen molar-refractivity contribution in [2.45, 2.75) is 20.0 Å². The van der Waals surface area contributed by atoms with E-state index in [2.05, 4.69) is 21.8 Å². The standard InChI is InChI=1S/C13H17N3O2S/c1-3-8-14-13-12(15-16-19-13)9-18-11-6-4-10(17-2)5-7-11/h4-7,14H,3,8-9H2,1-2H3. The summed E-state index contributed by atoms with van der Waals surface area (Å²) in [5, 5.41) is 8.35. The van der Waals surface area contributed by atoms with Crippen LogP contribution < -0.4 is 14.8 Å². The van der Waals surface area contributed by atoms with Crippen molar-refractivity contribution < 1.29 is 9.47 Å². The zero-order chi connectivity index (χ0) is 13.5. The maximum Gasteiger partial charge on any atom is 0.136 e. The molecule has 2 rings (SSSR count). The predicted octanol–water partition coefficient (Wildman–Crippen LogP) is 2.95. The van der Waals surface area contributed by atoms with Gasteiger partial charge in [-0.05, 0) is 30.7 Å². The van der Waals surface area contributed by atoms with Crippen LogP contribution in [0.2, 0.25) is 0 Å². The number of aromatic nitrogens is 2. The zero-order valence-corrected chi connectivity index (χ0v) is 11.9. The summed E-state index contributed by atoms with van der Waals surface area (Å²) in [6.45, 7) is 3.45. The molecule has 1 N–H and O–H groups in total. The quantitative estimate of drug-likeness (QED) is 0.844. The first kappa shape index (κ1) is 13.6. The molecule has 0 aliphatic heterocycles. The third-order valence-corrected chi connectivity index (χ3v) is 3.25. The molecule has 102 valence electrons. The molecule has 0 radical (unpaired) electrons. The van der Waals surface area contributed by atoms with Crippen molar-refractivity contribution in [3.05, 3.63) is 30.0 Å². The highest BCUT2D eigenvalue weighted by Crippen LogP contribution is 2.21. The van der Waals surface area contributed by atoms with E-state index in [1.165, 1.54) is 11.5 Å². The molecule has 0 amide bonds. The van der Waals surface area contributed by atoms with E-state index >= 15 is 0 Å². The van der Waals surface area contributed by atoms with Crippen LogP contribution in [0.25, 0.3) is 0 Å². The van der Waals surface area contributed by atoms with Crippen LogP contribution in [0.5, 0.6) is 11.5 Å². The van der Waals surface area contributed by atoms with Gasteiger partial charge in [-0.3, -0.25) is 0 Å². The van der Waals surface area contributed by atoms with Gasteiger partial charge in [0.25, 0.3) is 0 Å². The minimum atomic E-state index is 0.412. The number of benzene rings is 1. The number of rotatable bonds is 7. The molecule has 1 aromatic heterocycles. The number of anilines is 1. The molecule has 0 fully saturated rings. The van der Waals surface area contributed by atoms with Crippen molar-refractivity contribution in [3.8, 4) is 11.5 Å².